The van der Waals surface area contributed by atoms with E-state index >= 15 is 0 Å². The number of nitrogens with one attached hydrogen (secondary N) is 1. The molecule has 0 bridgehead atoms. The minimum Gasteiger partial charge on any atom is -0.480 e. The lowest BCUT2D eigenvalue weighted by atomic mass is 10.1. The smallest absolute Gasteiger partial charge is 0.323 e. The molecule has 0 aromatic rings. The van der Waals surface area contributed by atoms with Gasteiger partial charge in [0.1, 0.15) is 5.54 Å². The minimum atomic E-state index is -0.875. The summed E-state index contributed by atoms with van der Waals surface area (Å²) in [6.45, 7) is 8.24. The number of rotatable bonds is 6. The molecule has 0 saturated carbocycles. The highest BCUT2D eigenvalue weighted by Gasteiger charge is 2.25. The molecule has 78 valence electrons. The van der Waals surface area contributed by atoms with Crippen LogP contribution in [-0.2, 0) is 9.53 Å². The van der Waals surface area contributed by atoms with Crippen molar-refractivity contribution in [3.63, 3.8) is 0 Å². The third-order valence-corrected chi connectivity index (χ3v) is 1.65. The van der Waals surface area contributed by atoms with Gasteiger partial charge in [0.15, 0.2) is 0 Å². The number of carbonyl (C=O) groups is 1. The monoisotopic (exact) mass is 189 g/mol. The largest absolute Gasteiger partial charge is 0.480 e. The first-order valence-electron chi connectivity index (χ1n) is 4.46. The minimum absolute atomic E-state index is 0.190. The van der Waals surface area contributed by atoms with Crippen molar-refractivity contribution in [3.8, 4) is 0 Å². The summed E-state index contributed by atoms with van der Waals surface area (Å²) in [4.78, 5) is 10.6. The van der Waals surface area contributed by atoms with Crippen molar-refractivity contribution in [3.05, 3.63) is 0 Å². The van der Waals surface area contributed by atoms with Gasteiger partial charge in [-0.25, -0.2) is 0 Å². The van der Waals surface area contributed by atoms with Gasteiger partial charge in [-0.15, -0.1) is 0 Å². The van der Waals surface area contributed by atoms with E-state index < -0.39 is 11.5 Å². The highest BCUT2D eigenvalue weighted by molar-refractivity contribution is 5.77. The Bertz CT molecular complexity index is 166. The molecule has 0 unspecified atom stereocenters. The lowest BCUT2D eigenvalue weighted by molar-refractivity contribution is -0.143. The molecule has 0 aromatic carbocycles. The summed E-state index contributed by atoms with van der Waals surface area (Å²) in [6.07, 6.45) is 0.190. The normalized spacial score (nSPS) is 12.1. The van der Waals surface area contributed by atoms with Crippen LogP contribution in [0.1, 0.15) is 27.7 Å². The Morgan fingerprint density at radius 2 is 2.08 bits per heavy atom. The van der Waals surface area contributed by atoms with E-state index in [9.17, 15) is 4.79 Å². The second-order valence-corrected chi connectivity index (χ2v) is 3.78. The van der Waals surface area contributed by atoms with E-state index in [2.05, 4.69) is 5.32 Å². The van der Waals surface area contributed by atoms with E-state index in [4.69, 9.17) is 9.84 Å². The zero-order valence-electron chi connectivity index (χ0n) is 8.76. The molecule has 0 amide bonds. The van der Waals surface area contributed by atoms with Crippen LogP contribution in [0.2, 0.25) is 0 Å². The van der Waals surface area contributed by atoms with Crippen LogP contribution in [0.5, 0.6) is 0 Å². The number of ether oxygens (including phenoxy) is 1. The zero-order valence-corrected chi connectivity index (χ0v) is 8.76. The molecule has 0 rings (SSSR count). The van der Waals surface area contributed by atoms with Crippen molar-refractivity contribution in [2.45, 2.75) is 39.3 Å². The summed E-state index contributed by atoms with van der Waals surface area (Å²) < 4.78 is 5.26. The number of carboxylic acids is 1. The van der Waals surface area contributed by atoms with Crippen LogP contribution in [0.25, 0.3) is 0 Å². The van der Waals surface area contributed by atoms with E-state index in [0.717, 1.165) is 0 Å². The Kier molecular flexibility index (Phi) is 4.95. The Morgan fingerprint density at radius 1 is 1.54 bits per heavy atom. The quantitative estimate of drug-likeness (QED) is 0.608. The molecule has 0 saturated heterocycles. The van der Waals surface area contributed by atoms with Gasteiger partial charge < -0.3 is 15.2 Å². The number of aliphatic carboxylic acids is 1. The average Bonchev–Trinajstić information content (AvgIpc) is 1.97. The maximum atomic E-state index is 10.6. The maximum Gasteiger partial charge on any atom is 0.323 e. The molecule has 0 atom stereocenters. The van der Waals surface area contributed by atoms with Crippen molar-refractivity contribution in [2.24, 2.45) is 0 Å². The molecule has 0 radical (unpaired) electrons. The molecule has 4 nitrogen and oxygen atoms in total. The van der Waals surface area contributed by atoms with Crippen molar-refractivity contribution in [1.82, 2.24) is 5.32 Å². The lowest BCUT2D eigenvalue weighted by Crippen LogP contribution is -2.48. The molecule has 4 heteroatoms. The first-order chi connectivity index (χ1) is 5.86. The van der Waals surface area contributed by atoms with E-state index in [1.807, 2.05) is 13.8 Å². The second kappa shape index (κ2) is 5.19. The summed E-state index contributed by atoms with van der Waals surface area (Å²) in [6, 6.07) is 0. The van der Waals surface area contributed by atoms with Crippen molar-refractivity contribution in [1.29, 1.82) is 0 Å². The number of hydrogen-bond donors (Lipinski definition) is 2. The summed E-state index contributed by atoms with van der Waals surface area (Å²) in [5.74, 6) is -0.850. The van der Waals surface area contributed by atoms with E-state index in [0.29, 0.717) is 13.2 Å². The number of carboxylic acid groups (broad SMARTS) is 1. The Labute approximate surface area is 79.3 Å². The van der Waals surface area contributed by atoms with Gasteiger partial charge in [0.2, 0.25) is 0 Å². The molecular weight excluding hydrogens is 170 g/mol. The molecular formula is C9H19NO3. The molecule has 2 N–H and O–H groups in total. The van der Waals surface area contributed by atoms with Crippen LogP contribution >= 0.6 is 0 Å². The van der Waals surface area contributed by atoms with Crippen LogP contribution < -0.4 is 5.32 Å². The predicted molar refractivity (Wildman–Crippen MR) is 50.8 cm³/mol. The van der Waals surface area contributed by atoms with Crippen molar-refractivity contribution in [2.75, 3.05) is 13.2 Å². The fourth-order valence-corrected chi connectivity index (χ4v) is 0.734. The zero-order chi connectivity index (χ0) is 10.5. The van der Waals surface area contributed by atoms with Crippen LogP contribution in [0.4, 0.5) is 0 Å². The van der Waals surface area contributed by atoms with Gasteiger partial charge in [-0.1, -0.05) is 0 Å². The topological polar surface area (TPSA) is 58.6 Å². The van der Waals surface area contributed by atoms with Gasteiger partial charge in [-0.2, -0.15) is 0 Å². The highest BCUT2D eigenvalue weighted by atomic mass is 16.5. The van der Waals surface area contributed by atoms with Crippen molar-refractivity contribution < 1.29 is 14.6 Å². The molecule has 0 aliphatic heterocycles. The van der Waals surface area contributed by atoms with Gasteiger partial charge in [0, 0.05) is 6.54 Å². The van der Waals surface area contributed by atoms with Crippen molar-refractivity contribution >= 4 is 5.97 Å². The first kappa shape index (κ1) is 12.4. The summed E-state index contributed by atoms with van der Waals surface area (Å²) in [5.41, 5.74) is -0.875. The summed E-state index contributed by atoms with van der Waals surface area (Å²) in [7, 11) is 0. The molecule has 0 aliphatic rings. The maximum absolute atomic E-state index is 10.6. The summed E-state index contributed by atoms with van der Waals surface area (Å²) in [5, 5.41) is 11.6. The fraction of sp³-hybridized carbons (Fsp3) is 0.889. The standard InChI is InChI=1S/C9H19NO3/c1-7(2)13-6-5-10-9(3,4)8(11)12/h7,10H,5-6H2,1-4H3,(H,11,12). The third kappa shape index (κ3) is 5.60. The lowest BCUT2D eigenvalue weighted by Gasteiger charge is -2.21. The Hall–Kier alpha value is -0.610. The van der Waals surface area contributed by atoms with Gasteiger partial charge in [-0.05, 0) is 27.7 Å². The van der Waals surface area contributed by atoms with Crippen LogP contribution in [0.15, 0.2) is 0 Å². The fourth-order valence-electron chi connectivity index (χ4n) is 0.734. The van der Waals surface area contributed by atoms with Gasteiger partial charge in [-0.3, -0.25) is 4.79 Å². The third-order valence-electron chi connectivity index (χ3n) is 1.65. The molecule has 0 fully saturated rings. The molecule has 0 aliphatic carbocycles. The van der Waals surface area contributed by atoms with Crippen LogP contribution in [0, 0.1) is 0 Å². The number of hydrogen-bond acceptors (Lipinski definition) is 3. The molecule has 0 aromatic heterocycles. The average molecular weight is 189 g/mol. The van der Waals surface area contributed by atoms with Crippen LogP contribution in [0.3, 0.4) is 0 Å². The second-order valence-electron chi connectivity index (χ2n) is 3.78. The first-order valence-corrected chi connectivity index (χ1v) is 4.46. The van der Waals surface area contributed by atoms with E-state index in [1.54, 1.807) is 13.8 Å². The highest BCUT2D eigenvalue weighted by Crippen LogP contribution is 2.00. The SMILES string of the molecule is CC(C)OCCNC(C)(C)C(=O)O. The Morgan fingerprint density at radius 3 is 2.46 bits per heavy atom. The van der Waals surface area contributed by atoms with Crippen LogP contribution in [-0.4, -0.2) is 35.9 Å². The Balaban J connectivity index is 3.58. The summed E-state index contributed by atoms with van der Waals surface area (Å²) >= 11 is 0. The van der Waals surface area contributed by atoms with Gasteiger partial charge >= 0.3 is 5.97 Å². The molecule has 13 heavy (non-hydrogen) atoms. The predicted octanol–water partition coefficient (Wildman–Crippen LogP) is 0.864. The van der Waals surface area contributed by atoms with Gasteiger partial charge in [0.25, 0.3) is 0 Å². The van der Waals surface area contributed by atoms with E-state index in [-0.39, 0.29) is 6.10 Å². The molecule has 0 spiro atoms. The van der Waals surface area contributed by atoms with E-state index in [1.165, 1.54) is 0 Å². The molecule has 0 heterocycles. The van der Waals surface area contributed by atoms with Gasteiger partial charge in [0.05, 0.1) is 12.7 Å².